The van der Waals surface area contributed by atoms with Gasteiger partial charge in [-0.15, -0.1) is 0 Å². The van der Waals surface area contributed by atoms with Crippen molar-refractivity contribution < 1.29 is 51.5 Å². The van der Waals surface area contributed by atoms with Crippen molar-refractivity contribution in [2.75, 3.05) is 0 Å². The lowest BCUT2D eigenvalue weighted by molar-refractivity contribution is -0.183. The van der Waals surface area contributed by atoms with E-state index in [0.717, 1.165) is 25.7 Å². The molecule has 0 aliphatic heterocycles. The first-order chi connectivity index (χ1) is 18.6. The molecule has 0 amide bonds. The minimum absolute atomic E-state index is 0.0153. The minimum Gasteiger partial charge on any atom is -0.264 e. The van der Waals surface area contributed by atoms with E-state index in [1.807, 2.05) is 6.92 Å². The molecule has 12 nitrogen and oxygen atoms in total. The first-order valence-corrected chi connectivity index (χ1v) is 18.4. The average Bonchev–Trinajstić information content (AvgIpc) is 3.13. The molecule has 0 radical (unpaired) electrons. The van der Waals surface area contributed by atoms with Gasteiger partial charge in [0, 0.05) is 0 Å². The van der Waals surface area contributed by atoms with E-state index >= 15 is 0 Å². The molecule has 41 heavy (non-hydrogen) atoms. The van der Waals surface area contributed by atoms with E-state index < -0.39 is 60.8 Å². The molecule has 4 aliphatic rings. The molecule has 3 N–H and O–H groups in total. The first-order valence-electron chi connectivity index (χ1n) is 14.3. The average molecular weight is 645 g/mol. The fourth-order valence-corrected chi connectivity index (χ4v) is 11.0. The van der Waals surface area contributed by atoms with E-state index in [0.29, 0.717) is 24.2 Å². The van der Waals surface area contributed by atoms with Gasteiger partial charge in [0.15, 0.2) is 0 Å². The van der Waals surface area contributed by atoms with Crippen molar-refractivity contribution in [2.24, 2.45) is 52.3 Å². The van der Waals surface area contributed by atoms with Gasteiger partial charge in [-0.2, -0.15) is 25.3 Å². The van der Waals surface area contributed by atoms with Gasteiger partial charge in [0.2, 0.25) is 0 Å². The fraction of sp³-hybridized carbons (Fsp3) is 0.923. The molecule has 4 fully saturated rings. The second-order valence-corrected chi connectivity index (χ2v) is 16.7. The van der Waals surface area contributed by atoms with Crippen molar-refractivity contribution in [1.82, 2.24) is 0 Å². The Balaban J connectivity index is 1.72. The van der Waals surface area contributed by atoms with Crippen LogP contribution < -0.4 is 0 Å². The largest absolute Gasteiger partial charge is 0.397 e. The Kier molecular flexibility index (Phi) is 9.22. The molecule has 0 aromatic carbocycles. The van der Waals surface area contributed by atoms with Crippen molar-refractivity contribution in [3.63, 3.8) is 0 Å². The lowest BCUT2D eigenvalue weighted by atomic mass is 9.43. The van der Waals surface area contributed by atoms with Crippen LogP contribution in [0.3, 0.4) is 0 Å². The molecule has 0 heterocycles. The summed E-state index contributed by atoms with van der Waals surface area (Å²) in [6.07, 6.45) is 4.00. The molecule has 0 aromatic rings. The van der Waals surface area contributed by atoms with Gasteiger partial charge in [-0.25, -0.2) is 12.5 Å². The Morgan fingerprint density at radius 3 is 1.78 bits per heavy atom. The van der Waals surface area contributed by atoms with Gasteiger partial charge in [-0.3, -0.25) is 13.7 Å². The standard InChI is InChI=1S/C26H44O12S3/c1-15(2)6-7-16(3)18-8-9-19-17-12-22(36-39(27,28)29)21-13-23(37-40(30,31)32)24(38-41(33,34)35)14-26(21,5)20(17)10-11-25(18,19)4/h6-7,15-24H,8-14H2,1-5H3,(H,27,28,29)(H,30,31,32)(H,33,34,35)/b7-6+/t16-,17+,18-,19+,20+,21-,22+,23+,24+,25-,26-/m1/s1. The Morgan fingerprint density at radius 2 is 1.22 bits per heavy atom. The van der Waals surface area contributed by atoms with Gasteiger partial charge in [0.25, 0.3) is 0 Å². The molecule has 15 heteroatoms. The highest BCUT2D eigenvalue weighted by Gasteiger charge is 2.65. The molecular formula is C26H44O12S3. The van der Waals surface area contributed by atoms with Crippen LogP contribution in [0.2, 0.25) is 0 Å². The van der Waals surface area contributed by atoms with E-state index in [-0.39, 0.29) is 36.0 Å². The molecule has 11 atom stereocenters. The van der Waals surface area contributed by atoms with Crippen LogP contribution in [-0.2, 0) is 43.7 Å². The minimum atomic E-state index is -5.06. The summed E-state index contributed by atoms with van der Waals surface area (Å²) in [5, 5.41) is 0. The predicted molar refractivity (Wildman–Crippen MR) is 148 cm³/mol. The van der Waals surface area contributed by atoms with Crippen LogP contribution in [0.5, 0.6) is 0 Å². The summed E-state index contributed by atoms with van der Waals surface area (Å²) < 4.78 is 114. The molecule has 0 unspecified atom stereocenters. The maximum atomic E-state index is 12.0. The molecular weight excluding hydrogens is 600 g/mol. The lowest BCUT2D eigenvalue weighted by Gasteiger charge is -2.63. The van der Waals surface area contributed by atoms with Gasteiger partial charge in [0.1, 0.15) is 12.2 Å². The Hall–Kier alpha value is -0.650. The van der Waals surface area contributed by atoms with Crippen LogP contribution in [0.25, 0.3) is 0 Å². The summed E-state index contributed by atoms with van der Waals surface area (Å²) in [4.78, 5) is 0. The summed E-state index contributed by atoms with van der Waals surface area (Å²) in [7, 11) is -15.0. The van der Waals surface area contributed by atoms with Gasteiger partial charge in [-0.05, 0) is 97.2 Å². The van der Waals surface area contributed by atoms with Gasteiger partial charge < -0.3 is 0 Å². The zero-order valence-corrected chi connectivity index (χ0v) is 26.6. The molecule has 4 aliphatic carbocycles. The van der Waals surface area contributed by atoms with Crippen LogP contribution >= 0.6 is 0 Å². The highest BCUT2D eigenvalue weighted by Crippen LogP contribution is 2.69. The summed E-state index contributed by atoms with van der Waals surface area (Å²) >= 11 is 0. The highest BCUT2D eigenvalue weighted by molar-refractivity contribution is 7.81. The van der Waals surface area contributed by atoms with Crippen molar-refractivity contribution in [1.29, 1.82) is 0 Å². The molecule has 4 rings (SSSR count). The number of hydrogen-bond donors (Lipinski definition) is 3. The summed E-state index contributed by atoms with van der Waals surface area (Å²) in [6.45, 7) is 10.7. The van der Waals surface area contributed by atoms with E-state index in [2.05, 4.69) is 39.8 Å². The third-order valence-electron chi connectivity index (χ3n) is 10.9. The normalized spacial score (nSPS) is 42.6. The van der Waals surface area contributed by atoms with E-state index in [1.54, 1.807) is 0 Å². The summed E-state index contributed by atoms with van der Waals surface area (Å²) in [5.41, 5.74) is -0.849. The van der Waals surface area contributed by atoms with Gasteiger partial charge >= 0.3 is 31.2 Å². The van der Waals surface area contributed by atoms with Crippen LogP contribution in [0.1, 0.15) is 79.6 Å². The predicted octanol–water partition coefficient (Wildman–Crippen LogP) is 4.28. The topological polar surface area (TPSA) is 191 Å². The summed E-state index contributed by atoms with van der Waals surface area (Å²) in [5.74, 6) is 0.701. The van der Waals surface area contributed by atoms with Crippen LogP contribution in [-0.4, -0.2) is 57.2 Å². The molecule has 238 valence electrons. The van der Waals surface area contributed by atoms with Gasteiger partial charge in [0.05, 0.1) is 6.10 Å². The second kappa shape index (κ2) is 11.4. The smallest absolute Gasteiger partial charge is 0.264 e. The Labute approximate surface area is 244 Å². The second-order valence-electron chi connectivity index (χ2n) is 13.6. The van der Waals surface area contributed by atoms with Crippen LogP contribution in [0.4, 0.5) is 0 Å². The van der Waals surface area contributed by atoms with E-state index in [1.165, 1.54) is 0 Å². The van der Waals surface area contributed by atoms with Crippen LogP contribution in [0, 0.1) is 52.3 Å². The number of fused-ring (bicyclic) bond motifs is 5. The molecule has 0 aromatic heterocycles. The zero-order valence-electron chi connectivity index (χ0n) is 24.1. The molecule has 4 saturated carbocycles. The van der Waals surface area contributed by atoms with Crippen molar-refractivity contribution in [3.05, 3.63) is 12.2 Å². The number of hydrogen-bond acceptors (Lipinski definition) is 9. The summed E-state index contributed by atoms with van der Waals surface area (Å²) in [6, 6.07) is 0. The SMILES string of the molecule is CC(C)/C=C/[C@@H](C)[C@H]1CC[C@H]2[C@@H]3C[C@H](OS(=O)(=O)O)[C@H]4C[C@H](OS(=O)(=O)O)[C@@H](OS(=O)(=O)O)C[C@]4(C)[C@H]3CC[C@]12C. The van der Waals surface area contributed by atoms with E-state index in [4.69, 9.17) is 12.5 Å². The van der Waals surface area contributed by atoms with E-state index in [9.17, 15) is 38.9 Å². The lowest BCUT2D eigenvalue weighted by Crippen LogP contribution is -2.62. The molecule has 0 saturated heterocycles. The third-order valence-corrected chi connectivity index (χ3v) is 12.3. The number of allylic oxidation sites excluding steroid dienone is 2. The highest BCUT2D eigenvalue weighted by atomic mass is 32.3. The van der Waals surface area contributed by atoms with Crippen LogP contribution in [0.15, 0.2) is 12.2 Å². The number of rotatable bonds is 9. The Bertz CT molecular complexity index is 1330. The quantitative estimate of drug-likeness (QED) is 0.239. The zero-order chi connectivity index (χ0) is 30.8. The van der Waals surface area contributed by atoms with Gasteiger partial charge in [-0.1, -0.05) is 46.8 Å². The molecule has 0 bridgehead atoms. The maximum absolute atomic E-state index is 12.0. The van der Waals surface area contributed by atoms with Crippen molar-refractivity contribution in [3.8, 4) is 0 Å². The first kappa shape index (κ1) is 33.2. The Morgan fingerprint density at radius 1 is 0.683 bits per heavy atom. The third kappa shape index (κ3) is 7.19. The van der Waals surface area contributed by atoms with Crippen molar-refractivity contribution in [2.45, 2.75) is 97.9 Å². The monoisotopic (exact) mass is 644 g/mol. The molecule has 0 spiro atoms. The fourth-order valence-electron chi connectivity index (χ4n) is 9.47. The maximum Gasteiger partial charge on any atom is 0.397 e. The van der Waals surface area contributed by atoms with Crippen molar-refractivity contribution >= 4 is 31.2 Å².